The molecule has 0 amide bonds. The standard InChI is InChI=1S/C19H20O4/c1-5-12-9-15(20)17-14-8-10(2)6-7-13(14)11(3)23-18(17)16(12)19(21)22-4/h5,8-9,13-14,20H,1,3,6-7H2,2,4H3/t13-,14+/m0/s1. The summed E-state index contributed by atoms with van der Waals surface area (Å²) in [4.78, 5) is 12.2. The molecule has 0 unspecified atom stereocenters. The molecule has 0 bridgehead atoms. The lowest BCUT2D eigenvalue weighted by molar-refractivity contribution is 0.0595. The number of hydrogen-bond donors (Lipinski definition) is 1. The number of benzene rings is 1. The Bertz CT molecular complexity index is 742. The molecule has 4 nitrogen and oxygen atoms in total. The molecule has 1 N–H and O–H groups in total. The monoisotopic (exact) mass is 312 g/mol. The number of phenolic OH excluding ortho intramolecular Hbond substituents is 1. The maximum atomic E-state index is 12.2. The summed E-state index contributed by atoms with van der Waals surface area (Å²) in [6, 6.07) is 1.55. The van der Waals surface area contributed by atoms with E-state index in [1.54, 1.807) is 6.07 Å². The van der Waals surface area contributed by atoms with E-state index in [0.29, 0.717) is 22.6 Å². The van der Waals surface area contributed by atoms with Gasteiger partial charge in [-0.05, 0) is 31.4 Å². The zero-order valence-electron chi connectivity index (χ0n) is 13.4. The lowest BCUT2D eigenvalue weighted by Crippen LogP contribution is -2.27. The summed E-state index contributed by atoms with van der Waals surface area (Å²) in [5.74, 6) is 0.621. The number of phenols is 1. The first-order valence-electron chi connectivity index (χ1n) is 7.62. The molecule has 1 aromatic carbocycles. The molecule has 3 rings (SSSR count). The zero-order chi connectivity index (χ0) is 16.7. The lowest BCUT2D eigenvalue weighted by atomic mass is 9.73. The molecule has 2 atom stereocenters. The zero-order valence-corrected chi connectivity index (χ0v) is 13.4. The summed E-state index contributed by atoms with van der Waals surface area (Å²) >= 11 is 0. The first-order valence-corrected chi connectivity index (χ1v) is 7.62. The number of fused-ring (bicyclic) bond motifs is 3. The highest BCUT2D eigenvalue weighted by Crippen LogP contribution is 2.52. The Labute approximate surface area is 135 Å². The van der Waals surface area contributed by atoms with Gasteiger partial charge in [0.15, 0.2) is 0 Å². The quantitative estimate of drug-likeness (QED) is 0.658. The van der Waals surface area contributed by atoms with Crippen molar-refractivity contribution in [2.24, 2.45) is 5.92 Å². The van der Waals surface area contributed by atoms with Gasteiger partial charge < -0.3 is 14.6 Å². The van der Waals surface area contributed by atoms with Crippen LogP contribution in [0.25, 0.3) is 6.08 Å². The maximum absolute atomic E-state index is 12.2. The van der Waals surface area contributed by atoms with Gasteiger partial charge in [-0.3, -0.25) is 0 Å². The highest BCUT2D eigenvalue weighted by atomic mass is 16.5. The Kier molecular flexibility index (Phi) is 3.76. The fraction of sp³-hybridized carbons (Fsp3) is 0.316. The second kappa shape index (κ2) is 5.61. The Morgan fingerprint density at radius 3 is 2.91 bits per heavy atom. The molecular weight excluding hydrogens is 292 g/mol. The average Bonchev–Trinajstić information content (AvgIpc) is 2.53. The van der Waals surface area contributed by atoms with E-state index in [1.165, 1.54) is 18.8 Å². The van der Waals surface area contributed by atoms with Crippen molar-refractivity contribution in [2.45, 2.75) is 25.7 Å². The summed E-state index contributed by atoms with van der Waals surface area (Å²) in [6.07, 6.45) is 5.54. The lowest BCUT2D eigenvalue weighted by Gasteiger charge is -2.37. The molecule has 0 spiro atoms. The molecule has 1 aromatic rings. The number of allylic oxidation sites excluding steroid dienone is 3. The summed E-state index contributed by atoms with van der Waals surface area (Å²) in [7, 11) is 1.32. The average molecular weight is 312 g/mol. The first kappa shape index (κ1) is 15.4. The first-order chi connectivity index (χ1) is 11.0. The van der Waals surface area contributed by atoms with Crippen LogP contribution in [0.3, 0.4) is 0 Å². The fourth-order valence-electron chi connectivity index (χ4n) is 3.50. The van der Waals surface area contributed by atoms with Gasteiger partial charge in [-0.1, -0.05) is 30.9 Å². The second-order valence-corrected chi connectivity index (χ2v) is 6.05. The second-order valence-electron chi connectivity index (χ2n) is 6.05. The van der Waals surface area contributed by atoms with Gasteiger partial charge in [0.2, 0.25) is 0 Å². The predicted octanol–water partition coefficient (Wildman–Crippen LogP) is 4.17. The molecule has 0 radical (unpaired) electrons. The van der Waals surface area contributed by atoms with Gasteiger partial charge in [-0.2, -0.15) is 0 Å². The summed E-state index contributed by atoms with van der Waals surface area (Å²) in [5.41, 5.74) is 2.66. The third-order valence-electron chi connectivity index (χ3n) is 4.67. The van der Waals surface area contributed by atoms with Crippen molar-refractivity contribution in [3.8, 4) is 11.5 Å². The van der Waals surface area contributed by atoms with E-state index >= 15 is 0 Å². The number of esters is 1. The van der Waals surface area contributed by atoms with E-state index < -0.39 is 5.97 Å². The van der Waals surface area contributed by atoms with Gasteiger partial charge in [0, 0.05) is 17.4 Å². The SMILES string of the molecule is C=Cc1cc(O)c2c(c1C(=O)OC)OC(=C)[C@@H]1CCC(C)=C[C@@H]21. The summed E-state index contributed by atoms with van der Waals surface area (Å²) in [5, 5.41) is 10.5. The van der Waals surface area contributed by atoms with Crippen molar-refractivity contribution in [1.82, 2.24) is 0 Å². The number of ether oxygens (including phenoxy) is 2. The van der Waals surface area contributed by atoms with E-state index in [4.69, 9.17) is 9.47 Å². The molecule has 1 heterocycles. The van der Waals surface area contributed by atoms with Crippen molar-refractivity contribution in [3.63, 3.8) is 0 Å². The van der Waals surface area contributed by atoms with Gasteiger partial charge in [-0.15, -0.1) is 0 Å². The maximum Gasteiger partial charge on any atom is 0.342 e. The van der Waals surface area contributed by atoms with Crippen LogP contribution in [0.2, 0.25) is 0 Å². The Morgan fingerprint density at radius 2 is 2.26 bits per heavy atom. The molecule has 0 saturated heterocycles. The van der Waals surface area contributed by atoms with Crippen LogP contribution < -0.4 is 4.74 Å². The van der Waals surface area contributed by atoms with E-state index in [9.17, 15) is 9.90 Å². The third-order valence-corrected chi connectivity index (χ3v) is 4.67. The predicted molar refractivity (Wildman–Crippen MR) is 88.5 cm³/mol. The van der Waals surface area contributed by atoms with Crippen molar-refractivity contribution >= 4 is 12.0 Å². The van der Waals surface area contributed by atoms with Crippen molar-refractivity contribution in [3.05, 3.63) is 53.3 Å². The van der Waals surface area contributed by atoms with Crippen molar-refractivity contribution in [1.29, 1.82) is 0 Å². The molecular formula is C19H20O4. The molecule has 1 aliphatic heterocycles. The minimum absolute atomic E-state index is 0.0396. The molecule has 0 saturated carbocycles. The molecule has 120 valence electrons. The topological polar surface area (TPSA) is 55.8 Å². The molecule has 0 aromatic heterocycles. The normalized spacial score (nSPS) is 22.3. The third kappa shape index (κ3) is 2.34. The molecule has 2 aliphatic rings. The van der Waals surface area contributed by atoms with E-state index in [-0.39, 0.29) is 23.1 Å². The van der Waals surface area contributed by atoms with Crippen LogP contribution in [0, 0.1) is 5.92 Å². The number of carbonyl (C=O) groups is 1. The van der Waals surface area contributed by atoms with Gasteiger partial charge in [-0.25, -0.2) is 4.79 Å². The largest absolute Gasteiger partial charge is 0.507 e. The van der Waals surface area contributed by atoms with E-state index in [0.717, 1.165) is 12.8 Å². The summed E-state index contributed by atoms with van der Waals surface area (Å²) in [6.45, 7) is 9.80. The van der Waals surface area contributed by atoms with Crippen LogP contribution >= 0.6 is 0 Å². The number of carbonyl (C=O) groups excluding carboxylic acids is 1. The Balaban J connectivity index is 2.30. The Hall–Kier alpha value is -2.49. The van der Waals surface area contributed by atoms with Crippen LogP contribution in [-0.4, -0.2) is 18.2 Å². The van der Waals surface area contributed by atoms with Crippen LogP contribution in [-0.2, 0) is 4.74 Å². The van der Waals surface area contributed by atoms with Gasteiger partial charge in [0.1, 0.15) is 22.8 Å². The number of hydrogen-bond acceptors (Lipinski definition) is 4. The van der Waals surface area contributed by atoms with E-state index in [1.807, 2.05) is 0 Å². The van der Waals surface area contributed by atoms with Crippen molar-refractivity contribution in [2.75, 3.05) is 7.11 Å². The molecule has 23 heavy (non-hydrogen) atoms. The summed E-state index contributed by atoms with van der Waals surface area (Å²) < 4.78 is 10.8. The minimum Gasteiger partial charge on any atom is -0.507 e. The van der Waals surface area contributed by atoms with Crippen molar-refractivity contribution < 1.29 is 19.4 Å². The molecule has 4 heteroatoms. The van der Waals surface area contributed by atoms with Gasteiger partial charge >= 0.3 is 5.97 Å². The van der Waals surface area contributed by atoms with E-state index in [2.05, 4.69) is 26.2 Å². The fourth-order valence-corrected chi connectivity index (χ4v) is 3.50. The number of methoxy groups -OCH3 is 1. The highest BCUT2D eigenvalue weighted by Gasteiger charge is 2.39. The van der Waals surface area contributed by atoms with Crippen LogP contribution in [0.4, 0.5) is 0 Å². The minimum atomic E-state index is -0.515. The molecule has 0 fully saturated rings. The van der Waals surface area contributed by atoms with Gasteiger partial charge in [0.05, 0.1) is 7.11 Å². The number of rotatable bonds is 2. The van der Waals surface area contributed by atoms with Crippen LogP contribution in [0.15, 0.2) is 36.6 Å². The molecule has 1 aliphatic carbocycles. The smallest absolute Gasteiger partial charge is 0.342 e. The number of aromatic hydroxyl groups is 1. The van der Waals surface area contributed by atoms with Crippen LogP contribution in [0.1, 0.15) is 47.2 Å². The van der Waals surface area contributed by atoms with Gasteiger partial charge in [0.25, 0.3) is 0 Å². The van der Waals surface area contributed by atoms with Crippen LogP contribution in [0.5, 0.6) is 11.5 Å². The Morgan fingerprint density at radius 1 is 1.52 bits per heavy atom. The highest BCUT2D eigenvalue weighted by molar-refractivity contribution is 5.98.